The van der Waals surface area contributed by atoms with Gasteiger partial charge in [-0.15, -0.1) is 0 Å². The maximum atomic E-state index is 13.2. The second-order valence-corrected chi connectivity index (χ2v) is 7.33. The zero-order valence-electron chi connectivity index (χ0n) is 16.5. The van der Waals surface area contributed by atoms with Gasteiger partial charge in [-0.2, -0.15) is 9.78 Å². The summed E-state index contributed by atoms with van der Waals surface area (Å²) in [6.45, 7) is 5.19. The van der Waals surface area contributed by atoms with Crippen LogP contribution in [0.5, 0.6) is 0 Å². The number of amides is 1. The fraction of sp³-hybridized carbons (Fsp3) is 0.273. The standard InChI is InChI=1S/C22H22N4O3/c1-15-9-10-18(13-16(15)2)26-22(29)25(14-17-7-4-3-5-8-17)21(28)19(23-26)20(27)24-11-6-12-24/h3-5,7-10,13H,6,11-12,14H2,1-2H3. The minimum absolute atomic E-state index is 0.0755. The average Bonchev–Trinajstić information content (AvgIpc) is 2.67. The molecule has 0 unspecified atom stereocenters. The molecule has 0 saturated carbocycles. The number of likely N-dealkylation sites (tertiary alicyclic amines) is 1. The van der Waals surface area contributed by atoms with Gasteiger partial charge in [0.2, 0.25) is 5.69 Å². The normalized spacial score (nSPS) is 13.2. The minimum Gasteiger partial charge on any atom is -0.337 e. The van der Waals surface area contributed by atoms with Gasteiger partial charge in [0.15, 0.2) is 0 Å². The van der Waals surface area contributed by atoms with E-state index >= 15 is 0 Å². The predicted molar refractivity (Wildman–Crippen MR) is 110 cm³/mol. The summed E-state index contributed by atoms with van der Waals surface area (Å²) in [6, 6.07) is 14.7. The second kappa shape index (κ2) is 7.50. The first-order valence-electron chi connectivity index (χ1n) is 9.60. The van der Waals surface area contributed by atoms with Gasteiger partial charge >= 0.3 is 5.69 Å². The molecule has 1 aliphatic heterocycles. The molecule has 0 N–H and O–H groups in total. The number of carbonyl (C=O) groups excluding carboxylic acids is 1. The van der Waals surface area contributed by atoms with Crippen LogP contribution in [0.2, 0.25) is 0 Å². The fourth-order valence-corrected chi connectivity index (χ4v) is 3.25. The molecule has 0 aliphatic carbocycles. The van der Waals surface area contributed by atoms with E-state index in [1.165, 1.54) is 0 Å². The molecule has 3 aromatic rings. The number of aromatic nitrogens is 3. The third-order valence-corrected chi connectivity index (χ3v) is 5.32. The Bertz CT molecular complexity index is 1190. The third kappa shape index (κ3) is 3.51. The largest absolute Gasteiger partial charge is 0.352 e. The topological polar surface area (TPSA) is 77.2 Å². The van der Waals surface area contributed by atoms with Gasteiger partial charge in [0.05, 0.1) is 12.2 Å². The lowest BCUT2D eigenvalue weighted by Crippen LogP contribution is -2.49. The van der Waals surface area contributed by atoms with Crippen molar-refractivity contribution in [3.8, 4) is 5.69 Å². The van der Waals surface area contributed by atoms with E-state index in [-0.39, 0.29) is 12.2 Å². The van der Waals surface area contributed by atoms with Gasteiger partial charge in [-0.1, -0.05) is 36.4 Å². The van der Waals surface area contributed by atoms with Gasteiger partial charge in [-0.3, -0.25) is 14.2 Å². The number of aryl methyl sites for hydroxylation is 2. The van der Waals surface area contributed by atoms with Crippen molar-refractivity contribution < 1.29 is 4.79 Å². The lowest BCUT2D eigenvalue weighted by atomic mass is 10.1. The quantitative estimate of drug-likeness (QED) is 0.682. The molecule has 7 nitrogen and oxygen atoms in total. The predicted octanol–water partition coefficient (Wildman–Crippen LogP) is 1.91. The molecule has 1 aromatic heterocycles. The van der Waals surface area contributed by atoms with Crippen LogP contribution in [-0.2, 0) is 6.54 Å². The third-order valence-electron chi connectivity index (χ3n) is 5.32. The highest BCUT2D eigenvalue weighted by molar-refractivity contribution is 5.92. The van der Waals surface area contributed by atoms with Crippen molar-refractivity contribution in [2.75, 3.05) is 13.1 Å². The van der Waals surface area contributed by atoms with Gasteiger partial charge in [0.1, 0.15) is 0 Å². The molecular formula is C22H22N4O3. The molecule has 0 spiro atoms. The maximum Gasteiger partial charge on any atom is 0.352 e. The number of hydrogen-bond donors (Lipinski definition) is 0. The highest BCUT2D eigenvalue weighted by Gasteiger charge is 2.28. The molecule has 29 heavy (non-hydrogen) atoms. The van der Waals surface area contributed by atoms with E-state index in [4.69, 9.17) is 0 Å². The molecular weight excluding hydrogens is 368 g/mol. The molecule has 148 valence electrons. The van der Waals surface area contributed by atoms with Crippen molar-refractivity contribution in [3.63, 3.8) is 0 Å². The Morgan fingerprint density at radius 2 is 1.72 bits per heavy atom. The van der Waals surface area contributed by atoms with Crippen molar-refractivity contribution in [2.45, 2.75) is 26.8 Å². The summed E-state index contributed by atoms with van der Waals surface area (Å²) in [7, 11) is 0. The number of rotatable bonds is 4. The maximum absolute atomic E-state index is 13.2. The Kier molecular flexibility index (Phi) is 4.88. The van der Waals surface area contributed by atoms with Gasteiger partial charge in [0.25, 0.3) is 11.5 Å². The number of benzene rings is 2. The number of hydrogen-bond acceptors (Lipinski definition) is 4. The Morgan fingerprint density at radius 3 is 2.34 bits per heavy atom. The van der Waals surface area contributed by atoms with Crippen molar-refractivity contribution in [1.29, 1.82) is 0 Å². The molecule has 1 fully saturated rings. The zero-order chi connectivity index (χ0) is 20.5. The van der Waals surface area contributed by atoms with Gasteiger partial charge in [-0.25, -0.2) is 4.79 Å². The van der Waals surface area contributed by atoms with Crippen LogP contribution in [0.3, 0.4) is 0 Å². The van der Waals surface area contributed by atoms with E-state index in [1.807, 2.05) is 56.3 Å². The van der Waals surface area contributed by atoms with Gasteiger partial charge in [0, 0.05) is 13.1 Å². The van der Waals surface area contributed by atoms with Crippen molar-refractivity contribution >= 4 is 5.91 Å². The molecule has 0 radical (unpaired) electrons. The summed E-state index contributed by atoms with van der Waals surface area (Å²) in [6.07, 6.45) is 0.904. The molecule has 4 rings (SSSR count). The van der Waals surface area contributed by atoms with E-state index in [9.17, 15) is 14.4 Å². The highest BCUT2D eigenvalue weighted by Crippen LogP contribution is 2.13. The SMILES string of the molecule is Cc1ccc(-n2nc(C(=O)N3CCC3)c(=O)n(Cc3ccccc3)c2=O)cc1C. The smallest absolute Gasteiger partial charge is 0.337 e. The summed E-state index contributed by atoms with van der Waals surface area (Å²) >= 11 is 0. The summed E-state index contributed by atoms with van der Waals surface area (Å²) in [5.41, 5.74) is 1.95. The van der Waals surface area contributed by atoms with Crippen LogP contribution in [0, 0.1) is 13.8 Å². The average molecular weight is 390 g/mol. The summed E-state index contributed by atoms with van der Waals surface area (Å²) in [5.74, 6) is -0.430. The first kappa shape index (κ1) is 18.9. The van der Waals surface area contributed by atoms with Crippen LogP contribution < -0.4 is 11.2 Å². The Morgan fingerprint density at radius 1 is 1.00 bits per heavy atom. The van der Waals surface area contributed by atoms with E-state index in [0.717, 1.165) is 32.4 Å². The molecule has 1 amide bonds. The number of nitrogens with zero attached hydrogens (tertiary/aromatic N) is 4. The molecule has 1 aliphatic rings. The summed E-state index contributed by atoms with van der Waals surface area (Å²) < 4.78 is 2.24. The van der Waals surface area contributed by atoms with E-state index < -0.39 is 17.2 Å². The van der Waals surface area contributed by atoms with Crippen LogP contribution >= 0.6 is 0 Å². The van der Waals surface area contributed by atoms with Crippen molar-refractivity contribution in [2.24, 2.45) is 0 Å². The fourth-order valence-electron chi connectivity index (χ4n) is 3.25. The van der Waals surface area contributed by atoms with E-state index in [2.05, 4.69) is 5.10 Å². The Balaban J connectivity index is 1.91. The van der Waals surface area contributed by atoms with Gasteiger partial charge in [-0.05, 0) is 49.1 Å². The first-order chi connectivity index (χ1) is 14.0. The molecule has 2 heterocycles. The van der Waals surface area contributed by atoms with Crippen LogP contribution in [0.1, 0.15) is 33.6 Å². The molecule has 1 saturated heterocycles. The Hall–Kier alpha value is -3.48. The summed E-state index contributed by atoms with van der Waals surface area (Å²) in [4.78, 5) is 40.6. The molecule has 7 heteroatoms. The van der Waals surface area contributed by atoms with E-state index in [1.54, 1.807) is 11.0 Å². The van der Waals surface area contributed by atoms with Crippen molar-refractivity contribution in [3.05, 3.63) is 91.8 Å². The van der Waals surface area contributed by atoms with Crippen LogP contribution in [-0.4, -0.2) is 38.2 Å². The lowest BCUT2D eigenvalue weighted by molar-refractivity contribution is 0.0640. The Labute approximate surface area is 167 Å². The van der Waals surface area contributed by atoms with Crippen LogP contribution in [0.25, 0.3) is 5.69 Å². The van der Waals surface area contributed by atoms with Crippen molar-refractivity contribution in [1.82, 2.24) is 19.2 Å². The number of carbonyl (C=O) groups is 1. The molecule has 2 aromatic carbocycles. The highest BCUT2D eigenvalue weighted by atomic mass is 16.2. The van der Waals surface area contributed by atoms with E-state index in [0.29, 0.717) is 18.8 Å². The van der Waals surface area contributed by atoms with Gasteiger partial charge < -0.3 is 4.90 Å². The molecule has 0 bridgehead atoms. The monoisotopic (exact) mass is 390 g/mol. The first-order valence-corrected chi connectivity index (χ1v) is 9.60. The lowest BCUT2D eigenvalue weighted by Gasteiger charge is -2.30. The summed E-state index contributed by atoms with van der Waals surface area (Å²) in [5, 5.41) is 4.20. The minimum atomic E-state index is -0.657. The van der Waals surface area contributed by atoms with Crippen LogP contribution in [0.4, 0.5) is 0 Å². The zero-order valence-corrected chi connectivity index (χ0v) is 16.5. The van der Waals surface area contributed by atoms with Crippen LogP contribution in [0.15, 0.2) is 58.1 Å². The second-order valence-electron chi connectivity index (χ2n) is 7.33. The molecule has 0 atom stereocenters.